The first kappa shape index (κ1) is 21.6. The summed E-state index contributed by atoms with van der Waals surface area (Å²) in [4.78, 5) is 24.1. The lowest BCUT2D eigenvalue weighted by molar-refractivity contribution is -0.119. The van der Waals surface area contributed by atoms with Gasteiger partial charge in [0.2, 0.25) is 10.0 Å². The molecule has 8 nitrogen and oxygen atoms in total. The summed E-state index contributed by atoms with van der Waals surface area (Å²) in [5.74, 6) is -2.01. The molecule has 0 saturated carbocycles. The number of carbonyl (C=O) groups is 2. The first-order valence-electron chi connectivity index (χ1n) is 8.58. The highest BCUT2D eigenvalue weighted by molar-refractivity contribution is 7.89. The highest BCUT2D eigenvalue weighted by Crippen LogP contribution is 2.19. The Balaban J connectivity index is 2.05. The number of amides is 1. The van der Waals surface area contributed by atoms with Crippen LogP contribution in [0, 0.1) is 5.82 Å². The molecule has 0 atom stereocenters. The van der Waals surface area contributed by atoms with Crippen molar-refractivity contribution < 1.29 is 27.1 Å². The summed E-state index contributed by atoms with van der Waals surface area (Å²) in [6.45, 7) is 3.44. The third-order valence-corrected chi connectivity index (χ3v) is 5.99. The number of esters is 1. The molecule has 28 heavy (non-hydrogen) atoms. The summed E-state index contributed by atoms with van der Waals surface area (Å²) in [7, 11) is -2.22. The molecule has 10 heteroatoms. The number of anilines is 1. The summed E-state index contributed by atoms with van der Waals surface area (Å²) >= 11 is 0. The number of hydrogen-bond acceptors (Lipinski definition) is 5. The van der Waals surface area contributed by atoms with Gasteiger partial charge in [0.25, 0.3) is 5.91 Å². The predicted molar refractivity (Wildman–Crippen MR) is 101 cm³/mol. The van der Waals surface area contributed by atoms with E-state index in [1.165, 1.54) is 46.4 Å². The van der Waals surface area contributed by atoms with Crippen LogP contribution < -0.4 is 5.32 Å². The van der Waals surface area contributed by atoms with E-state index in [0.717, 1.165) is 6.07 Å². The van der Waals surface area contributed by atoms with E-state index >= 15 is 0 Å². The Morgan fingerprint density at radius 1 is 1.21 bits per heavy atom. The molecule has 1 aromatic heterocycles. The number of aromatic nitrogens is 1. The van der Waals surface area contributed by atoms with Gasteiger partial charge in [-0.25, -0.2) is 17.6 Å². The van der Waals surface area contributed by atoms with Gasteiger partial charge in [-0.2, -0.15) is 4.31 Å². The quantitative estimate of drug-likeness (QED) is 0.670. The average Bonchev–Trinajstić information content (AvgIpc) is 3.03. The highest BCUT2D eigenvalue weighted by Gasteiger charge is 2.26. The Labute approximate surface area is 162 Å². The molecule has 0 radical (unpaired) electrons. The van der Waals surface area contributed by atoms with Crippen molar-refractivity contribution in [1.29, 1.82) is 0 Å². The van der Waals surface area contributed by atoms with Crippen molar-refractivity contribution in [3.63, 3.8) is 0 Å². The molecule has 152 valence electrons. The number of sulfonamides is 1. The Hall–Kier alpha value is -2.72. The van der Waals surface area contributed by atoms with E-state index in [2.05, 4.69) is 5.32 Å². The average molecular weight is 411 g/mol. The summed E-state index contributed by atoms with van der Waals surface area (Å²) in [6.07, 6.45) is 1.32. The first-order chi connectivity index (χ1) is 13.2. The number of hydrogen-bond donors (Lipinski definition) is 1. The van der Waals surface area contributed by atoms with Gasteiger partial charge >= 0.3 is 5.97 Å². The Kier molecular flexibility index (Phi) is 6.92. The number of halogens is 1. The molecule has 1 aromatic carbocycles. The second kappa shape index (κ2) is 8.98. The molecule has 0 aliphatic carbocycles. The molecule has 2 aromatic rings. The summed E-state index contributed by atoms with van der Waals surface area (Å²) in [5.41, 5.74) is 0.219. The van der Waals surface area contributed by atoms with Crippen LogP contribution in [0.1, 0.15) is 24.3 Å². The van der Waals surface area contributed by atoms with E-state index in [9.17, 15) is 22.4 Å². The number of aryl methyl sites for hydroxylation is 1. The van der Waals surface area contributed by atoms with E-state index in [4.69, 9.17) is 4.74 Å². The zero-order valence-electron chi connectivity index (χ0n) is 15.8. The van der Waals surface area contributed by atoms with E-state index in [-0.39, 0.29) is 16.3 Å². The molecule has 1 heterocycles. The van der Waals surface area contributed by atoms with Crippen LogP contribution in [0.15, 0.2) is 41.4 Å². The Morgan fingerprint density at radius 3 is 2.50 bits per heavy atom. The smallest absolute Gasteiger partial charge is 0.355 e. The third kappa shape index (κ3) is 4.96. The number of ether oxygens (including phenoxy) is 1. The van der Waals surface area contributed by atoms with Crippen LogP contribution >= 0.6 is 0 Å². The SMILES string of the molecule is CCN(CC)S(=O)(=O)c1cc(C(=O)OCC(=O)Nc2cccc(F)c2)n(C)c1. The summed E-state index contributed by atoms with van der Waals surface area (Å²) in [6, 6.07) is 6.49. The lowest BCUT2D eigenvalue weighted by Gasteiger charge is -2.17. The molecule has 0 aliphatic rings. The second-order valence-electron chi connectivity index (χ2n) is 5.90. The lowest BCUT2D eigenvalue weighted by atomic mass is 10.3. The standard InChI is InChI=1S/C18H22FN3O5S/c1-4-22(5-2)28(25,26)15-10-16(21(3)11-15)18(24)27-12-17(23)20-14-8-6-7-13(19)9-14/h6-11H,4-5,12H2,1-3H3,(H,20,23). The number of rotatable bonds is 8. The number of carbonyl (C=O) groups excluding carboxylic acids is 2. The number of nitrogens with one attached hydrogen (secondary N) is 1. The van der Waals surface area contributed by atoms with Gasteiger partial charge in [-0.15, -0.1) is 0 Å². The molecule has 0 aliphatic heterocycles. The van der Waals surface area contributed by atoms with Gasteiger partial charge in [0, 0.05) is 32.0 Å². The molecular formula is C18H22FN3O5S. The van der Waals surface area contributed by atoms with Gasteiger partial charge in [-0.05, 0) is 24.3 Å². The van der Waals surface area contributed by atoms with Crippen molar-refractivity contribution in [3.8, 4) is 0 Å². The minimum Gasteiger partial charge on any atom is -0.451 e. The topological polar surface area (TPSA) is 97.7 Å². The van der Waals surface area contributed by atoms with Crippen LogP contribution in [0.3, 0.4) is 0 Å². The Morgan fingerprint density at radius 2 is 1.89 bits per heavy atom. The van der Waals surface area contributed by atoms with Crippen molar-refractivity contribution >= 4 is 27.6 Å². The van der Waals surface area contributed by atoms with E-state index < -0.39 is 34.3 Å². The normalized spacial score (nSPS) is 11.5. The Bertz CT molecular complexity index is 967. The van der Waals surface area contributed by atoms with Crippen LogP contribution in [0.5, 0.6) is 0 Å². The molecule has 2 rings (SSSR count). The fourth-order valence-electron chi connectivity index (χ4n) is 2.56. The lowest BCUT2D eigenvalue weighted by Crippen LogP contribution is -2.30. The molecule has 0 saturated heterocycles. The molecule has 0 spiro atoms. The van der Waals surface area contributed by atoms with Crippen molar-refractivity contribution in [2.45, 2.75) is 18.7 Å². The third-order valence-electron chi connectivity index (χ3n) is 3.97. The van der Waals surface area contributed by atoms with Gasteiger partial charge in [0.1, 0.15) is 16.4 Å². The van der Waals surface area contributed by atoms with Crippen molar-refractivity contribution in [2.24, 2.45) is 7.05 Å². The van der Waals surface area contributed by atoms with Crippen LogP contribution in [0.25, 0.3) is 0 Å². The van der Waals surface area contributed by atoms with Crippen LogP contribution in [0.4, 0.5) is 10.1 Å². The molecule has 0 bridgehead atoms. The minimum absolute atomic E-state index is 0.00992. The molecule has 1 N–H and O–H groups in total. The van der Waals surface area contributed by atoms with Crippen molar-refractivity contribution in [1.82, 2.24) is 8.87 Å². The maximum atomic E-state index is 13.1. The monoisotopic (exact) mass is 411 g/mol. The maximum absolute atomic E-state index is 13.1. The van der Waals surface area contributed by atoms with Gasteiger partial charge in [-0.3, -0.25) is 4.79 Å². The largest absolute Gasteiger partial charge is 0.451 e. The molecule has 1 amide bonds. The summed E-state index contributed by atoms with van der Waals surface area (Å²) < 4.78 is 45.7. The van der Waals surface area contributed by atoms with E-state index in [1.807, 2.05) is 0 Å². The summed E-state index contributed by atoms with van der Waals surface area (Å²) in [5, 5.41) is 2.40. The zero-order valence-corrected chi connectivity index (χ0v) is 16.6. The van der Waals surface area contributed by atoms with Gasteiger partial charge in [-0.1, -0.05) is 19.9 Å². The molecular weight excluding hydrogens is 389 g/mol. The fourth-order valence-corrected chi connectivity index (χ4v) is 4.09. The highest BCUT2D eigenvalue weighted by atomic mass is 32.2. The maximum Gasteiger partial charge on any atom is 0.355 e. The van der Waals surface area contributed by atoms with Crippen LogP contribution in [0.2, 0.25) is 0 Å². The number of nitrogens with zero attached hydrogens (tertiary/aromatic N) is 2. The van der Waals surface area contributed by atoms with Crippen LogP contribution in [-0.4, -0.2) is 48.9 Å². The number of benzene rings is 1. The second-order valence-corrected chi connectivity index (χ2v) is 7.83. The van der Waals surface area contributed by atoms with Crippen LogP contribution in [-0.2, 0) is 26.6 Å². The van der Waals surface area contributed by atoms with Crippen molar-refractivity contribution in [2.75, 3.05) is 25.0 Å². The van der Waals surface area contributed by atoms with Gasteiger partial charge < -0.3 is 14.6 Å². The van der Waals surface area contributed by atoms with E-state index in [0.29, 0.717) is 13.1 Å². The predicted octanol–water partition coefficient (Wildman–Crippen LogP) is 1.99. The first-order valence-corrected chi connectivity index (χ1v) is 10.0. The molecule has 0 unspecified atom stereocenters. The molecule has 0 fully saturated rings. The zero-order chi connectivity index (χ0) is 20.9. The van der Waals surface area contributed by atoms with Gasteiger partial charge in [0.15, 0.2) is 6.61 Å². The van der Waals surface area contributed by atoms with Gasteiger partial charge in [0.05, 0.1) is 0 Å². The van der Waals surface area contributed by atoms with Crippen molar-refractivity contribution in [3.05, 3.63) is 48.0 Å². The van der Waals surface area contributed by atoms with E-state index in [1.54, 1.807) is 13.8 Å². The fraction of sp³-hybridized carbons (Fsp3) is 0.333. The minimum atomic E-state index is -3.72.